The predicted molar refractivity (Wildman–Crippen MR) is 82.9 cm³/mol. The first-order valence-corrected chi connectivity index (χ1v) is 7.76. The molecule has 0 radical (unpaired) electrons. The quantitative estimate of drug-likeness (QED) is 0.907. The van der Waals surface area contributed by atoms with Crippen LogP contribution in [0.2, 0.25) is 5.02 Å². The Balaban J connectivity index is 1.73. The van der Waals surface area contributed by atoms with E-state index in [0.29, 0.717) is 32.4 Å². The Bertz CT molecular complexity index is 511. The number of rotatable bonds is 5. The number of likely N-dealkylation sites (tertiary alicyclic amines) is 1. The van der Waals surface area contributed by atoms with Gasteiger partial charge < -0.3 is 10.6 Å². The molecule has 5 heteroatoms. The molecule has 2 rings (SSSR count). The molecule has 1 aliphatic heterocycles. The van der Waals surface area contributed by atoms with Crippen molar-refractivity contribution in [2.45, 2.75) is 32.1 Å². The lowest BCUT2D eigenvalue weighted by Gasteiger charge is -2.30. The third-order valence-corrected chi connectivity index (χ3v) is 4.41. The first-order valence-electron chi connectivity index (χ1n) is 7.38. The number of benzene rings is 1. The number of nitrogens with zero attached hydrogens (tertiary/aromatic N) is 1. The normalized spacial score (nSPS) is 16.0. The average molecular weight is 309 g/mol. The minimum absolute atomic E-state index is 0.0721. The number of hydrogen-bond acceptors (Lipinski definition) is 2. The second kappa shape index (κ2) is 7.46. The molecule has 2 amide bonds. The molecule has 0 unspecified atom stereocenters. The van der Waals surface area contributed by atoms with Crippen LogP contribution in [0.5, 0.6) is 0 Å². The summed E-state index contributed by atoms with van der Waals surface area (Å²) in [6.07, 6.45) is 3.49. The van der Waals surface area contributed by atoms with Crippen molar-refractivity contribution in [3.8, 4) is 0 Å². The molecular formula is C16H21ClN2O2. The Kier molecular flexibility index (Phi) is 5.62. The zero-order valence-electron chi connectivity index (χ0n) is 12.1. The maximum absolute atomic E-state index is 12.1. The summed E-state index contributed by atoms with van der Waals surface area (Å²) in [6.45, 7) is 1.27. The second-order valence-electron chi connectivity index (χ2n) is 5.50. The maximum atomic E-state index is 12.1. The van der Waals surface area contributed by atoms with Gasteiger partial charge in [0.2, 0.25) is 11.8 Å². The molecule has 2 N–H and O–H groups in total. The standard InChI is InChI=1S/C16H21ClN2O2/c17-14-6-2-1-4-12(14)5-3-7-15(20)19-10-8-13(9-11-19)16(18)21/h1-2,4,6,13H,3,5,7-11H2,(H2,18,21). The fourth-order valence-electron chi connectivity index (χ4n) is 2.70. The Morgan fingerprint density at radius 1 is 1.24 bits per heavy atom. The predicted octanol–water partition coefficient (Wildman–Crippen LogP) is 2.39. The summed E-state index contributed by atoms with van der Waals surface area (Å²) in [6, 6.07) is 7.72. The molecule has 1 fully saturated rings. The summed E-state index contributed by atoms with van der Waals surface area (Å²) >= 11 is 6.09. The summed E-state index contributed by atoms with van der Waals surface area (Å²) in [7, 11) is 0. The van der Waals surface area contributed by atoms with Crippen molar-refractivity contribution < 1.29 is 9.59 Å². The minimum atomic E-state index is -0.249. The fraction of sp³-hybridized carbons (Fsp3) is 0.500. The third-order valence-electron chi connectivity index (χ3n) is 4.04. The van der Waals surface area contributed by atoms with E-state index in [9.17, 15) is 9.59 Å². The van der Waals surface area contributed by atoms with E-state index in [1.54, 1.807) is 0 Å². The van der Waals surface area contributed by atoms with Gasteiger partial charge in [0.25, 0.3) is 0 Å². The number of halogens is 1. The molecule has 1 aromatic carbocycles. The zero-order valence-corrected chi connectivity index (χ0v) is 12.8. The molecule has 114 valence electrons. The lowest BCUT2D eigenvalue weighted by atomic mass is 9.96. The van der Waals surface area contributed by atoms with Crippen LogP contribution in [0.25, 0.3) is 0 Å². The molecule has 1 aliphatic rings. The smallest absolute Gasteiger partial charge is 0.222 e. The number of aryl methyl sites for hydroxylation is 1. The lowest BCUT2D eigenvalue weighted by Crippen LogP contribution is -2.41. The molecule has 1 heterocycles. The molecule has 4 nitrogen and oxygen atoms in total. The molecule has 21 heavy (non-hydrogen) atoms. The van der Waals surface area contributed by atoms with E-state index < -0.39 is 0 Å². The Morgan fingerprint density at radius 2 is 1.90 bits per heavy atom. The molecule has 1 aromatic rings. The summed E-state index contributed by atoms with van der Waals surface area (Å²) in [4.78, 5) is 25.1. The monoisotopic (exact) mass is 308 g/mol. The van der Waals surface area contributed by atoms with Crippen LogP contribution >= 0.6 is 11.6 Å². The Hall–Kier alpha value is -1.55. The van der Waals surface area contributed by atoms with Crippen LogP contribution in [-0.2, 0) is 16.0 Å². The summed E-state index contributed by atoms with van der Waals surface area (Å²) < 4.78 is 0. The van der Waals surface area contributed by atoms with Crippen molar-refractivity contribution in [2.75, 3.05) is 13.1 Å². The molecule has 1 saturated heterocycles. The van der Waals surface area contributed by atoms with Crippen molar-refractivity contribution >= 4 is 23.4 Å². The van der Waals surface area contributed by atoms with Crippen LogP contribution in [-0.4, -0.2) is 29.8 Å². The number of carbonyl (C=O) groups excluding carboxylic acids is 2. The van der Waals surface area contributed by atoms with Crippen molar-refractivity contribution in [1.82, 2.24) is 4.90 Å². The number of carbonyl (C=O) groups is 2. The maximum Gasteiger partial charge on any atom is 0.222 e. The van der Waals surface area contributed by atoms with E-state index in [1.807, 2.05) is 29.2 Å². The largest absolute Gasteiger partial charge is 0.369 e. The molecule has 0 bridgehead atoms. The number of primary amides is 1. The van der Waals surface area contributed by atoms with Gasteiger partial charge in [0, 0.05) is 30.5 Å². The van der Waals surface area contributed by atoms with E-state index >= 15 is 0 Å². The van der Waals surface area contributed by atoms with Gasteiger partial charge in [0.15, 0.2) is 0 Å². The molecule has 0 atom stereocenters. The topological polar surface area (TPSA) is 63.4 Å². The van der Waals surface area contributed by atoms with Gasteiger partial charge in [-0.05, 0) is 37.3 Å². The average Bonchev–Trinajstić information content (AvgIpc) is 2.49. The Labute approximate surface area is 130 Å². The zero-order chi connectivity index (χ0) is 15.2. The third kappa shape index (κ3) is 4.46. The number of amides is 2. The highest BCUT2D eigenvalue weighted by atomic mass is 35.5. The van der Waals surface area contributed by atoms with E-state index in [-0.39, 0.29) is 17.7 Å². The van der Waals surface area contributed by atoms with Crippen LogP contribution in [0.3, 0.4) is 0 Å². The highest BCUT2D eigenvalue weighted by molar-refractivity contribution is 6.31. The molecular weight excluding hydrogens is 288 g/mol. The van der Waals surface area contributed by atoms with Crippen LogP contribution in [0.4, 0.5) is 0 Å². The van der Waals surface area contributed by atoms with E-state index in [2.05, 4.69) is 0 Å². The van der Waals surface area contributed by atoms with Gasteiger partial charge in [-0.2, -0.15) is 0 Å². The van der Waals surface area contributed by atoms with Crippen molar-refractivity contribution in [1.29, 1.82) is 0 Å². The first kappa shape index (κ1) is 15.8. The second-order valence-corrected chi connectivity index (χ2v) is 5.91. The summed E-state index contributed by atoms with van der Waals surface area (Å²) in [5.74, 6) is -0.164. The van der Waals surface area contributed by atoms with Crippen LogP contribution in [0, 0.1) is 5.92 Å². The molecule has 0 spiro atoms. The van der Waals surface area contributed by atoms with Gasteiger partial charge in [-0.3, -0.25) is 9.59 Å². The van der Waals surface area contributed by atoms with Crippen LogP contribution < -0.4 is 5.73 Å². The first-order chi connectivity index (χ1) is 10.1. The van der Waals surface area contributed by atoms with Gasteiger partial charge in [-0.15, -0.1) is 0 Å². The highest BCUT2D eigenvalue weighted by Gasteiger charge is 2.25. The lowest BCUT2D eigenvalue weighted by molar-refractivity contribution is -0.134. The Morgan fingerprint density at radius 3 is 2.52 bits per heavy atom. The SMILES string of the molecule is NC(=O)C1CCN(C(=O)CCCc2ccccc2Cl)CC1. The van der Waals surface area contributed by atoms with Crippen LogP contribution in [0.15, 0.2) is 24.3 Å². The molecule has 0 aliphatic carbocycles. The molecule has 0 aromatic heterocycles. The van der Waals surface area contributed by atoms with Gasteiger partial charge >= 0.3 is 0 Å². The van der Waals surface area contributed by atoms with E-state index in [0.717, 1.165) is 23.4 Å². The highest BCUT2D eigenvalue weighted by Crippen LogP contribution is 2.19. The number of hydrogen-bond donors (Lipinski definition) is 1. The fourth-order valence-corrected chi connectivity index (χ4v) is 2.93. The van der Waals surface area contributed by atoms with Gasteiger partial charge in [0.1, 0.15) is 0 Å². The van der Waals surface area contributed by atoms with Crippen molar-refractivity contribution in [3.05, 3.63) is 34.9 Å². The van der Waals surface area contributed by atoms with Crippen molar-refractivity contribution in [2.24, 2.45) is 11.7 Å². The number of nitrogens with two attached hydrogens (primary N) is 1. The number of piperidine rings is 1. The summed E-state index contributed by atoms with van der Waals surface area (Å²) in [5, 5.41) is 0.757. The van der Waals surface area contributed by atoms with E-state index in [4.69, 9.17) is 17.3 Å². The molecule has 0 saturated carbocycles. The van der Waals surface area contributed by atoms with Gasteiger partial charge in [0.05, 0.1) is 0 Å². The summed E-state index contributed by atoms with van der Waals surface area (Å²) in [5.41, 5.74) is 6.38. The van der Waals surface area contributed by atoms with Gasteiger partial charge in [-0.1, -0.05) is 29.8 Å². The van der Waals surface area contributed by atoms with Crippen LogP contribution in [0.1, 0.15) is 31.2 Å². The van der Waals surface area contributed by atoms with E-state index in [1.165, 1.54) is 0 Å². The van der Waals surface area contributed by atoms with Gasteiger partial charge in [-0.25, -0.2) is 0 Å². The minimum Gasteiger partial charge on any atom is -0.369 e. The van der Waals surface area contributed by atoms with Crippen molar-refractivity contribution in [3.63, 3.8) is 0 Å².